The third kappa shape index (κ3) is 3.46. The van der Waals surface area contributed by atoms with E-state index in [-0.39, 0.29) is 5.69 Å². The molecule has 2 aliphatic heterocycles. The number of rotatable bonds is 4. The van der Waals surface area contributed by atoms with Gasteiger partial charge in [0.15, 0.2) is 10.4 Å². The molecule has 2 aromatic heterocycles. The van der Waals surface area contributed by atoms with Gasteiger partial charge in [0.1, 0.15) is 6.07 Å². The monoisotopic (exact) mass is 404 g/mol. The summed E-state index contributed by atoms with van der Waals surface area (Å²) in [6.07, 6.45) is 6.39. The molecule has 2 atom stereocenters. The number of nitriles is 1. The van der Waals surface area contributed by atoms with Gasteiger partial charge >= 0.3 is 0 Å². The van der Waals surface area contributed by atoms with Crippen LogP contribution in [-0.4, -0.2) is 35.6 Å². The highest BCUT2D eigenvalue weighted by Gasteiger charge is 2.33. The quantitative estimate of drug-likeness (QED) is 0.820. The van der Waals surface area contributed by atoms with Crippen LogP contribution in [0.5, 0.6) is 0 Å². The molecule has 25 heavy (non-hydrogen) atoms. The normalized spacial score (nSPS) is 23.8. The molecule has 7 heteroatoms. The highest BCUT2D eigenvalue weighted by atomic mass is 79.9. The van der Waals surface area contributed by atoms with Crippen LogP contribution in [0, 0.1) is 17.2 Å². The van der Waals surface area contributed by atoms with Gasteiger partial charge in [0.2, 0.25) is 11.6 Å². The molecule has 2 saturated heterocycles. The molecular formula is C18H21BrN4O2. The summed E-state index contributed by atoms with van der Waals surface area (Å²) in [5.41, 5.74) is 0.277. The van der Waals surface area contributed by atoms with E-state index in [0.29, 0.717) is 34.2 Å². The fourth-order valence-corrected chi connectivity index (χ4v) is 4.40. The van der Waals surface area contributed by atoms with Gasteiger partial charge in [-0.1, -0.05) is 6.42 Å². The minimum absolute atomic E-state index is 0.277. The zero-order chi connectivity index (χ0) is 17.2. The number of fused-ring (bicyclic) bond motifs is 1. The first-order valence-electron chi connectivity index (χ1n) is 8.89. The van der Waals surface area contributed by atoms with E-state index in [0.717, 1.165) is 6.54 Å². The molecule has 2 fully saturated rings. The summed E-state index contributed by atoms with van der Waals surface area (Å²) in [7, 11) is 0. The Morgan fingerprint density at radius 1 is 1.24 bits per heavy atom. The van der Waals surface area contributed by atoms with Crippen molar-refractivity contribution < 1.29 is 8.83 Å². The van der Waals surface area contributed by atoms with Crippen LogP contribution in [0.2, 0.25) is 0 Å². The number of piperidine rings is 2. The highest BCUT2D eigenvalue weighted by Crippen LogP contribution is 2.32. The lowest BCUT2D eigenvalue weighted by molar-refractivity contribution is 0.0647. The van der Waals surface area contributed by atoms with Crippen molar-refractivity contribution in [3.05, 3.63) is 22.5 Å². The topological polar surface area (TPSA) is 78.2 Å². The minimum atomic E-state index is 0.277. The molecule has 0 bridgehead atoms. The van der Waals surface area contributed by atoms with Gasteiger partial charge in [-0.2, -0.15) is 10.2 Å². The first-order valence-corrected chi connectivity index (χ1v) is 9.68. The summed E-state index contributed by atoms with van der Waals surface area (Å²) in [5.74, 6) is 1.87. The van der Waals surface area contributed by atoms with Gasteiger partial charge < -0.3 is 19.1 Å². The Kier molecular flexibility index (Phi) is 4.82. The minimum Gasteiger partial charge on any atom is -0.444 e. The average Bonchev–Trinajstić information content (AvgIpc) is 3.25. The largest absolute Gasteiger partial charge is 0.444 e. The van der Waals surface area contributed by atoms with E-state index in [1.165, 1.54) is 45.2 Å². The summed E-state index contributed by atoms with van der Waals surface area (Å²) in [5, 5.41) is 12.7. The molecule has 6 nitrogen and oxygen atoms in total. The summed E-state index contributed by atoms with van der Waals surface area (Å²) in [6, 6.07) is 6.30. The van der Waals surface area contributed by atoms with Crippen molar-refractivity contribution in [1.29, 1.82) is 5.26 Å². The molecule has 4 rings (SSSR count). The molecule has 0 aliphatic carbocycles. The standard InChI is InChI=1S/C18H21BrN4O2/c19-16-7-6-15(24-16)18-22-13(10-20)17(25-18)21-11-12-4-3-9-23-8-2-1-5-14(12)23/h6-7,12,14,21H,1-5,8-9,11H2/t12-,14+/m0/s1. The molecule has 0 aromatic carbocycles. The van der Waals surface area contributed by atoms with E-state index in [1.807, 2.05) is 0 Å². The second kappa shape index (κ2) is 7.22. The van der Waals surface area contributed by atoms with Gasteiger partial charge in [0.25, 0.3) is 5.89 Å². The average molecular weight is 405 g/mol. The summed E-state index contributed by atoms with van der Waals surface area (Å²) >= 11 is 3.27. The first-order chi connectivity index (χ1) is 12.2. The Morgan fingerprint density at radius 2 is 2.12 bits per heavy atom. The third-order valence-corrected chi connectivity index (χ3v) is 5.70. The third-order valence-electron chi connectivity index (χ3n) is 5.27. The predicted molar refractivity (Wildman–Crippen MR) is 97.0 cm³/mol. The number of hydrogen-bond donors (Lipinski definition) is 1. The van der Waals surface area contributed by atoms with Gasteiger partial charge in [-0.3, -0.25) is 0 Å². The second-order valence-electron chi connectivity index (χ2n) is 6.79. The molecule has 0 unspecified atom stereocenters. The highest BCUT2D eigenvalue weighted by molar-refractivity contribution is 9.10. The first kappa shape index (κ1) is 16.7. The summed E-state index contributed by atoms with van der Waals surface area (Å²) in [4.78, 5) is 6.88. The Hall–Kier alpha value is -1.78. The van der Waals surface area contributed by atoms with E-state index < -0.39 is 0 Å². The van der Waals surface area contributed by atoms with E-state index in [9.17, 15) is 5.26 Å². The van der Waals surface area contributed by atoms with Gasteiger partial charge in [0.05, 0.1) is 0 Å². The fraction of sp³-hybridized carbons (Fsp3) is 0.556. The zero-order valence-corrected chi connectivity index (χ0v) is 15.6. The smallest absolute Gasteiger partial charge is 0.266 e. The number of nitrogens with one attached hydrogen (secondary N) is 1. The van der Waals surface area contributed by atoms with Crippen LogP contribution >= 0.6 is 15.9 Å². The van der Waals surface area contributed by atoms with Crippen molar-refractivity contribution in [3.63, 3.8) is 0 Å². The van der Waals surface area contributed by atoms with Gasteiger partial charge in [-0.15, -0.1) is 0 Å². The van der Waals surface area contributed by atoms with Crippen LogP contribution in [0.4, 0.5) is 5.88 Å². The van der Waals surface area contributed by atoms with E-state index in [4.69, 9.17) is 8.83 Å². The Bertz CT molecular complexity index is 776. The maximum Gasteiger partial charge on any atom is 0.266 e. The van der Waals surface area contributed by atoms with Crippen LogP contribution in [0.15, 0.2) is 25.6 Å². The lowest BCUT2D eigenvalue weighted by Gasteiger charge is -2.44. The Labute approximate surface area is 155 Å². The maximum atomic E-state index is 9.35. The molecule has 0 amide bonds. The van der Waals surface area contributed by atoms with Crippen molar-refractivity contribution in [2.45, 2.75) is 38.1 Å². The lowest BCUT2D eigenvalue weighted by atomic mass is 9.83. The van der Waals surface area contributed by atoms with Crippen molar-refractivity contribution in [2.24, 2.45) is 5.92 Å². The summed E-state index contributed by atoms with van der Waals surface area (Å²) < 4.78 is 11.8. The van der Waals surface area contributed by atoms with Crippen LogP contribution in [0.1, 0.15) is 37.8 Å². The number of hydrogen-bond acceptors (Lipinski definition) is 6. The molecule has 2 aliphatic rings. The summed E-state index contributed by atoms with van der Waals surface area (Å²) in [6.45, 7) is 3.27. The van der Waals surface area contributed by atoms with E-state index in [1.54, 1.807) is 12.1 Å². The number of halogens is 1. The number of aromatic nitrogens is 1. The fourth-order valence-electron chi connectivity index (χ4n) is 4.09. The number of furan rings is 1. The molecule has 0 spiro atoms. The molecule has 4 heterocycles. The Balaban J connectivity index is 1.47. The van der Waals surface area contributed by atoms with Crippen molar-refractivity contribution in [2.75, 3.05) is 25.0 Å². The van der Waals surface area contributed by atoms with Crippen molar-refractivity contribution >= 4 is 21.8 Å². The lowest BCUT2D eigenvalue weighted by Crippen LogP contribution is -2.49. The zero-order valence-electron chi connectivity index (χ0n) is 14.0. The molecule has 132 valence electrons. The predicted octanol–water partition coefficient (Wildman–Crippen LogP) is 4.25. The molecular weight excluding hydrogens is 384 g/mol. The maximum absolute atomic E-state index is 9.35. The number of nitrogens with zero attached hydrogens (tertiary/aromatic N) is 3. The van der Waals surface area contributed by atoms with E-state index in [2.05, 4.69) is 37.2 Å². The van der Waals surface area contributed by atoms with Crippen LogP contribution in [-0.2, 0) is 0 Å². The second-order valence-corrected chi connectivity index (χ2v) is 7.58. The van der Waals surface area contributed by atoms with Gasteiger partial charge in [-0.25, -0.2) is 0 Å². The molecule has 0 radical (unpaired) electrons. The SMILES string of the molecule is N#Cc1nc(-c2ccc(Br)o2)oc1NC[C@@H]1CCCN2CCCC[C@H]12. The number of oxazole rings is 1. The van der Waals surface area contributed by atoms with Gasteiger partial charge in [-0.05, 0) is 72.8 Å². The van der Waals surface area contributed by atoms with E-state index >= 15 is 0 Å². The van der Waals surface area contributed by atoms with Crippen molar-refractivity contribution in [1.82, 2.24) is 9.88 Å². The molecule has 2 aromatic rings. The van der Waals surface area contributed by atoms with Crippen molar-refractivity contribution in [3.8, 4) is 17.7 Å². The van der Waals surface area contributed by atoms with Crippen LogP contribution in [0.25, 0.3) is 11.7 Å². The Morgan fingerprint density at radius 3 is 2.92 bits per heavy atom. The van der Waals surface area contributed by atoms with Crippen LogP contribution in [0.3, 0.4) is 0 Å². The van der Waals surface area contributed by atoms with Gasteiger partial charge in [0, 0.05) is 12.6 Å². The number of anilines is 1. The van der Waals surface area contributed by atoms with Crippen LogP contribution < -0.4 is 5.32 Å². The molecule has 1 N–H and O–H groups in total. The molecule has 0 saturated carbocycles.